The number of rotatable bonds is 5. The van der Waals surface area contributed by atoms with Gasteiger partial charge in [0.1, 0.15) is 0 Å². The Morgan fingerprint density at radius 1 is 1.32 bits per heavy atom. The van der Waals surface area contributed by atoms with Crippen molar-refractivity contribution in [3.05, 3.63) is 35.4 Å². The number of likely N-dealkylation sites (tertiary alicyclic amines) is 1. The van der Waals surface area contributed by atoms with Crippen LogP contribution in [0.15, 0.2) is 29.3 Å². The summed E-state index contributed by atoms with van der Waals surface area (Å²) < 4.78 is 38.3. The highest BCUT2D eigenvalue weighted by molar-refractivity contribution is 5.80. The van der Waals surface area contributed by atoms with Gasteiger partial charge in [-0.2, -0.15) is 13.2 Å². The molecule has 0 aromatic heterocycles. The Morgan fingerprint density at radius 3 is 2.71 bits per heavy atom. The molecule has 4 nitrogen and oxygen atoms in total. The second kappa shape index (κ2) is 10.4. The number of halogens is 3. The molecule has 1 aromatic rings. The lowest BCUT2D eigenvalue weighted by atomic mass is 10.1. The first-order chi connectivity index (χ1) is 13.4. The van der Waals surface area contributed by atoms with Crippen LogP contribution in [-0.4, -0.2) is 62.1 Å². The van der Waals surface area contributed by atoms with Gasteiger partial charge in [-0.15, -0.1) is 0 Å². The first kappa shape index (κ1) is 22.1. The van der Waals surface area contributed by atoms with Gasteiger partial charge < -0.3 is 15.1 Å². The lowest BCUT2D eigenvalue weighted by molar-refractivity contribution is -0.137. The third-order valence-corrected chi connectivity index (χ3v) is 4.97. The van der Waals surface area contributed by atoms with Crippen LogP contribution in [0.5, 0.6) is 0 Å². The fourth-order valence-electron chi connectivity index (χ4n) is 3.40. The van der Waals surface area contributed by atoms with E-state index in [1.807, 2.05) is 0 Å². The van der Waals surface area contributed by atoms with E-state index in [0.717, 1.165) is 57.2 Å². The zero-order valence-electron chi connectivity index (χ0n) is 16.8. The fourth-order valence-corrected chi connectivity index (χ4v) is 3.40. The summed E-state index contributed by atoms with van der Waals surface area (Å²) in [6, 6.07) is 5.07. The van der Waals surface area contributed by atoms with E-state index in [0.29, 0.717) is 18.0 Å². The molecule has 1 N–H and O–H groups in total. The van der Waals surface area contributed by atoms with Gasteiger partial charge >= 0.3 is 6.18 Å². The third-order valence-electron chi connectivity index (χ3n) is 4.97. The van der Waals surface area contributed by atoms with Crippen LogP contribution in [-0.2, 0) is 6.18 Å². The van der Waals surface area contributed by atoms with Crippen LogP contribution >= 0.6 is 0 Å². The van der Waals surface area contributed by atoms with Crippen LogP contribution in [0.25, 0.3) is 0 Å². The summed E-state index contributed by atoms with van der Waals surface area (Å²) in [6.07, 6.45) is -3.22. The smallest absolute Gasteiger partial charge is 0.345 e. The van der Waals surface area contributed by atoms with Gasteiger partial charge in [0, 0.05) is 32.2 Å². The van der Waals surface area contributed by atoms with Crippen LogP contribution in [0.2, 0.25) is 0 Å². The normalized spacial score (nSPS) is 17.6. The summed E-state index contributed by atoms with van der Waals surface area (Å²) >= 11 is 0. The molecule has 0 saturated carbocycles. The van der Waals surface area contributed by atoms with Gasteiger partial charge in [-0.05, 0) is 43.6 Å². The standard InChI is InChI=1S/C21H29F3N4/c1-4-27(5-2)15-18-11-13-28(16-18)20(25-3)26-12-7-9-17-8-6-10-19(14-17)21(22,23)24/h6,8,10,14,18H,4-5,11-13,15-16H2,1-3H3,(H,25,26). The number of nitrogens with one attached hydrogen (secondary N) is 1. The monoisotopic (exact) mass is 394 g/mol. The maximum absolute atomic E-state index is 12.8. The molecule has 0 radical (unpaired) electrons. The van der Waals surface area contributed by atoms with E-state index in [2.05, 4.69) is 45.8 Å². The third kappa shape index (κ3) is 6.45. The van der Waals surface area contributed by atoms with Crippen molar-refractivity contribution in [3.8, 4) is 11.8 Å². The van der Waals surface area contributed by atoms with Crippen molar-refractivity contribution < 1.29 is 13.2 Å². The summed E-state index contributed by atoms with van der Waals surface area (Å²) in [7, 11) is 1.74. The predicted molar refractivity (Wildman–Crippen MR) is 107 cm³/mol. The molecule has 0 spiro atoms. The molecule has 28 heavy (non-hydrogen) atoms. The predicted octanol–water partition coefficient (Wildman–Crippen LogP) is 3.30. The highest BCUT2D eigenvalue weighted by Crippen LogP contribution is 2.29. The summed E-state index contributed by atoms with van der Waals surface area (Å²) in [5.74, 6) is 7.08. The van der Waals surface area contributed by atoms with Gasteiger partial charge in [-0.25, -0.2) is 0 Å². The van der Waals surface area contributed by atoms with Gasteiger partial charge in [0.05, 0.1) is 12.1 Å². The number of benzene rings is 1. The van der Waals surface area contributed by atoms with Crippen LogP contribution in [0.4, 0.5) is 13.2 Å². The van der Waals surface area contributed by atoms with Crippen LogP contribution in [0, 0.1) is 17.8 Å². The molecular weight excluding hydrogens is 365 g/mol. The number of nitrogens with zero attached hydrogens (tertiary/aromatic N) is 3. The zero-order valence-corrected chi connectivity index (χ0v) is 16.8. The summed E-state index contributed by atoms with van der Waals surface area (Å²) in [5, 5.41) is 3.19. The molecule has 0 aliphatic carbocycles. The molecule has 1 atom stereocenters. The average Bonchev–Trinajstić information content (AvgIpc) is 3.14. The quantitative estimate of drug-likeness (QED) is 0.472. The topological polar surface area (TPSA) is 30.9 Å². The van der Waals surface area contributed by atoms with Gasteiger partial charge in [-0.3, -0.25) is 4.99 Å². The van der Waals surface area contributed by atoms with Crippen molar-refractivity contribution in [1.29, 1.82) is 0 Å². The van der Waals surface area contributed by atoms with E-state index in [1.165, 1.54) is 6.07 Å². The van der Waals surface area contributed by atoms with Gasteiger partial charge in [0.25, 0.3) is 0 Å². The number of alkyl halides is 3. The van der Waals surface area contributed by atoms with E-state index in [1.54, 1.807) is 13.1 Å². The molecule has 2 rings (SSSR count). The van der Waals surface area contributed by atoms with Gasteiger partial charge in [0.15, 0.2) is 5.96 Å². The van der Waals surface area contributed by atoms with Gasteiger partial charge in [0.2, 0.25) is 0 Å². The van der Waals surface area contributed by atoms with Crippen molar-refractivity contribution in [1.82, 2.24) is 15.1 Å². The number of hydrogen-bond acceptors (Lipinski definition) is 2. The zero-order chi connectivity index (χ0) is 20.6. The Balaban J connectivity index is 1.87. The minimum atomic E-state index is -4.35. The molecule has 0 bridgehead atoms. The second-order valence-corrected chi connectivity index (χ2v) is 6.87. The first-order valence-corrected chi connectivity index (χ1v) is 9.71. The van der Waals surface area contributed by atoms with Crippen LogP contribution < -0.4 is 5.32 Å². The molecule has 154 valence electrons. The Labute approximate surface area is 165 Å². The number of guanidine groups is 1. The van der Waals surface area contributed by atoms with E-state index in [-0.39, 0.29) is 0 Å². The SMILES string of the molecule is CCN(CC)CC1CCN(C(=NC)NCC#Cc2cccc(C(F)(F)F)c2)C1. The number of aliphatic imine (C=N–C) groups is 1. The molecule has 1 heterocycles. The van der Waals surface area contributed by atoms with Crippen molar-refractivity contribution >= 4 is 5.96 Å². The summed E-state index contributed by atoms with van der Waals surface area (Å²) in [4.78, 5) is 8.97. The highest BCUT2D eigenvalue weighted by atomic mass is 19.4. The van der Waals surface area contributed by atoms with Crippen LogP contribution in [0.3, 0.4) is 0 Å². The molecule has 1 fully saturated rings. The Morgan fingerprint density at radius 2 is 2.07 bits per heavy atom. The molecule has 1 saturated heterocycles. The maximum Gasteiger partial charge on any atom is 0.416 e. The molecule has 1 unspecified atom stereocenters. The van der Waals surface area contributed by atoms with E-state index < -0.39 is 11.7 Å². The molecule has 1 aromatic carbocycles. The molecule has 1 aliphatic heterocycles. The largest absolute Gasteiger partial charge is 0.416 e. The fraction of sp³-hybridized carbons (Fsp3) is 0.571. The first-order valence-electron chi connectivity index (χ1n) is 9.71. The average molecular weight is 394 g/mol. The van der Waals surface area contributed by atoms with E-state index >= 15 is 0 Å². The van der Waals surface area contributed by atoms with Gasteiger partial charge in [-0.1, -0.05) is 31.8 Å². The molecule has 0 amide bonds. The Kier molecular flexibility index (Phi) is 8.18. The lowest BCUT2D eigenvalue weighted by Gasteiger charge is -2.24. The second-order valence-electron chi connectivity index (χ2n) is 6.87. The maximum atomic E-state index is 12.8. The minimum absolute atomic E-state index is 0.333. The number of hydrogen-bond donors (Lipinski definition) is 1. The van der Waals surface area contributed by atoms with E-state index in [9.17, 15) is 13.2 Å². The highest BCUT2D eigenvalue weighted by Gasteiger charge is 2.30. The van der Waals surface area contributed by atoms with Crippen molar-refractivity contribution in [2.75, 3.05) is 46.3 Å². The lowest BCUT2D eigenvalue weighted by Crippen LogP contribution is -2.41. The van der Waals surface area contributed by atoms with Crippen molar-refractivity contribution in [2.45, 2.75) is 26.4 Å². The minimum Gasteiger partial charge on any atom is -0.345 e. The summed E-state index contributed by atoms with van der Waals surface area (Å²) in [5.41, 5.74) is -0.327. The molecule has 7 heteroatoms. The molecule has 1 aliphatic rings. The van der Waals surface area contributed by atoms with Crippen LogP contribution in [0.1, 0.15) is 31.4 Å². The van der Waals surface area contributed by atoms with Crippen molar-refractivity contribution in [2.24, 2.45) is 10.9 Å². The summed E-state index contributed by atoms with van der Waals surface area (Å²) in [6.45, 7) is 9.82. The van der Waals surface area contributed by atoms with E-state index in [4.69, 9.17) is 0 Å². The van der Waals surface area contributed by atoms with Crippen molar-refractivity contribution in [3.63, 3.8) is 0 Å². The Hall–Kier alpha value is -2.20. The molecular formula is C21H29F3N4. The Bertz CT molecular complexity index is 714.